The molecule has 1 aromatic heterocycles. The summed E-state index contributed by atoms with van der Waals surface area (Å²) < 4.78 is 0. The Kier molecular flexibility index (Phi) is 3.42. The van der Waals surface area contributed by atoms with E-state index in [1.165, 1.54) is 0 Å². The lowest BCUT2D eigenvalue weighted by Crippen LogP contribution is -2.30. The Hall–Kier alpha value is -1.43. The van der Waals surface area contributed by atoms with Crippen molar-refractivity contribution in [1.29, 1.82) is 0 Å². The van der Waals surface area contributed by atoms with Crippen LogP contribution in [0.5, 0.6) is 0 Å². The number of nitrogens with zero attached hydrogens (tertiary/aromatic N) is 4. The maximum absolute atomic E-state index is 10.9. The summed E-state index contributed by atoms with van der Waals surface area (Å²) in [4.78, 5) is 19.9. The second-order valence-corrected chi connectivity index (χ2v) is 4.49. The topological polar surface area (TPSA) is 72.2 Å². The Morgan fingerprint density at radius 1 is 1.53 bits per heavy atom. The molecular weight excluding hydrogens is 244 g/mol. The molecule has 1 heterocycles. The number of rotatable bonds is 3. The lowest BCUT2D eigenvalue weighted by Gasteiger charge is -2.24. The summed E-state index contributed by atoms with van der Waals surface area (Å²) in [5.74, 6) is 0.307. The maximum Gasteiger partial charge on any atom is 0.329 e. The second kappa shape index (κ2) is 4.83. The molecule has 0 amide bonds. The number of halogens is 1. The summed E-state index contributed by atoms with van der Waals surface area (Å²) in [6.07, 6.45) is 5.55. The van der Waals surface area contributed by atoms with E-state index in [-0.39, 0.29) is 11.0 Å². The highest BCUT2D eigenvalue weighted by atomic mass is 35.5. The summed E-state index contributed by atoms with van der Waals surface area (Å²) in [5, 5.41) is 10.9. The smallest absolute Gasteiger partial charge is 0.329 e. The molecule has 1 aliphatic carbocycles. The van der Waals surface area contributed by atoms with E-state index in [1.807, 2.05) is 11.9 Å². The Labute approximate surface area is 104 Å². The summed E-state index contributed by atoms with van der Waals surface area (Å²) in [5.41, 5.74) is -0.0937. The fraction of sp³-hybridized carbons (Fsp3) is 0.600. The van der Waals surface area contributed by atoms with Gasteiger partial charge in [0.05, 0.1) is 4.92 Å². The quantitative estimate of drug-likeness (QED) is 0.472. The van der Waals surface area contributed by atoms with Gasteiger partial charge in [0.1, 0.15) is 6.20 Å². The Balaban J connectivity index is 2.34. The molecule has 1 aliphatic rings. The Bertz CT molecular complexity index is 434. The molecular formula is C10H13ClN4O2. The monoisotopic (exact) mass is 256 g/mol. The van der Waals surface area contributed by atoms with Crippen LogP contribution in [0.15, 0.2) is 6.20 Å². The third-order valence-corrected chi connectivity index (χ3v) is 3.31. The van der Waals surface area contributed by atoms with Gasteiger partial charge in [-0.1, -0.05) is 12.8 Å². The van der Waals surface area contributed by atoms with Crippen molar-refractivity contribution in [3.8, 4) is 0 Å². The molecule has 0 saturated heterocycles. The standard InChI is InChI=1S/C10H13ClN4O2/c1-14(7-4-2-3-5-7)9-8(15(16)17)6-12-10(11)13-9/h6-7H,2-5H2,1H3. The van der Waals surface area contributed by atoms with Crippen LogP contribution < -0.4 is 4.90 Å². The van der Waals surface area contributed by atoms with E-state index >= 15 is 0 Å². The fourth-order valence-electron chi connectivity index (χ4n) is 2.20. The van der Waals surface area contributed by atoms with Gasteiger partial charge in [0.25, 0.3) is 0 Å². The number of nitro groups is 1. The van der Waals surface area contributed by atoms with Gasteiger partial charge in [-0.25, -0.2) is 4.98 Å². The van der Waals surface area contributed by atoms with Crippen LogP contribution >= 0.6 is 11.6 Å². The van der Waals surface area contributed by atoms with Crippen molar-refractivity contribution in [2.75, 3.05) is 11.9 Å². The molecule has 17 heavy (non-hydrogen) atoms. The number of hydrogen-bond donors (Lipinski definition) is 0. The van der Waals surface area contributed by atoms with Crippen LogP contribution in [0.2, 0.25) is 5.28 Å². The largest absolute Gasteiger partial charge is 0.351 e. The molecule has 0 aliphatic heterocycles. The van der Waals surface area contributed by atoms with Crippen molar-refractivity contribution < 1.29 is 4.92 Å². The predicted octanol–water partition coefficient (Wildman–Crippen LogP) is 2.42. The zero-order chi connectivity index (χ0) is 12.4. The minimum atomic E-state index is -0.475. The highest BCUT2D eigenvalue weighted by Gasteiger charge is 2.27. The first-order chi connectivity index (χ1) is 8.09. The molecule has 0 aromatic carbocycles. The number of anilines is 1. The Morgan fingerprint density at radius 2 is 2.18 bits per heavy atom. The summed E-state index contributed by atoms with van der Waals surface area (Å²) >= 11 is 5.70. The van der Waals surface area contributed by atoms with E-state index in [1.54, 1.807) is 0 Å². The normalized spacial score (nSPS) is 16.1. The zero-order valence-electron chi connectivity index (χ0n) is 9.47. The second-order valence-electron chi connectivity index (χ2n) is 4.15. The maximum atomic E-state index is 10.9. The molecule has 1 fully saturated rings. The van der Waals surface area contributed by atoms with Crippen LogP contribution in [0.1, 0.15) is 25.7 Å². The molecule has 2 rings (SSSR count). The van der Waals surface area contributed by atoms with Crippen molar-refractivity contribution in [3.05, 3.63) is 21.6 Å². The first-order valence-electron chi connectivity index (χ1n) is 5.49. The van der Waals surface area contributed by atoms with Gasteiger partial charge in [0, 0.05) is 13.1 Å². The van der Waals surface area contributed by atoms with Crippen LogP contribution in [0.4, 0.5) is 11.5 Å². The van der Waals surface area contributed by atoms with E-state index < -0.39 is 4.92 Å². The van der Waals surface area contributed by atoms with Gasteiger partial charge in [-0.3, -0.25) is 10.1 Å². The van der Waals surface area contributed by atoms with Crippen molar-refractivity contribution in [2.24, 2.45) is 0 Å². The van der Waals surface area contributed by atoms with Crippen LogP contribution in [0.25, 0.3) is 0 Å². The third-order valence-electron chi connectivity index (χ3n) is 3.12. The molecule has 0 N–H and O–H groups in total. The number of aromatic nitrogens is 2. The lowest BCUT2D eigenvalue weighted by molar-refractivity contribution is -0.384. The molecule has 1 saturated carbocycles. The first kappa shape index (κ1) is 12.0. The van der Waals surface area contributed by atoms with E-state index in [4.69, 9.17) is 11.6 Å². The van der Waals surface area contributed by atoms with Crippen molar-refractivity contribution in [2.45, 2.75) is 31.7 Å². The predicted molar refractivity (Wildman–Crippen MR) is 64.4 cm³/mol. The van der Waals surface area contributed by atoms with Crippen molar-refractivity contribution in [3.63, 3.8) is 0 Å². The summed E-state index contributed by atoms with van der Waals surface area (Å²) in [6, 6.07) is 0.305. The van der Waals surface area contributed by atoms with Crippen LogP contribution in [-0.4, -0.2) is 28.0 Å². The molecule has 1 aromatic rings. The van der Waals surface area contributed by atoms with Crippen LogP contribution in [0, 0.1) is 10.1 Å². The van der Waals surface area contributed by atoms with Crippen LogP contribution in [-0.2, 0) is 0 Å². The third kappa shape index (κ3) is 2.46. The molecule has 0 unspecified atom stereocenters. The minimum Gasteiger partial charge on any atom is -0.351 e. The molecule has 0 spiro atoms. The summed E-state index contributed by atoms with van der Waals surface area (Å²) in [6.45, 7) is 0. The lowest BCUT2D eigenvalue weighted by atomic mass is 10.2. The van der Waals surface area contributed by atoms with Gasteiger partial charge in [-0.2, -0.15) is 4.98 Å². The van der Waals surface area contributed by atoms with Crippen molar-refractivity contribution >= 4 is 23.1 Å². The van der Waals surface area contributed by atoms with Gasteiger partial charge >= 0.3 is 5.69 Å². The van der Waals surface area contributed by atoms with Crippen molar-refractivity contribution in [1.82, 2.24) is 9.97 Å². The highest BCUT2D eigenvalue weighted by molar-refractivity contribution is 6.28. The molecule has 0 bridgehead atoms. The molecule has 7 heteroatoms. The molecule has 92 valence electrons. The molecule has 0 atom stereocenters. The van der Waals surface area contributed by atoms with E-state index in [2.05, 4.69) is 9.97 Å². The van der Waals surface area contributed by atoms with Gasteiger partial charge < -0.3 is 4.90 Å². The van der Waals surface area contributed by atoms with E-state index in [0.717, 1.165) is 31.9 Å². The SMILES string of the molecule is CN(c1nc(Cl)ncc1[N+](=O)[O-])C1CCCC1. The van der Waals surface area contributed by atoms with E-state index in [0.29, 0.717) is 11.9 Å². The van der Waals surface area contributed by atoms with E-state index in [9.17, 15) is 10.1 Å². The Morgan fingerprint density at radius 3 is 2.76 bits per heavy atom. The van der Waals surface area contributed by atoms with Gasteiger partial charge in [0.15, 0.2) is 0 Å². The highest BCUT2D eigenvalue weighted by Crippen LogP contribution is 2.31. The molecule has 0 radical (unpaired) electrons. The molecule has 6 nitrogen and oxygen atoms in total. The fourth-order valence-corrected chi connectivity index (χ4v) is 2.33. The average Bonchev–Trinajstić information content (AvgIpc) is 2.80. The average molecular weight is 257 g/mol. The minimum absolute atomic E-state index is 0.0375. The van der Waals surface area contributed by atoms with Crippen LogP contribution in [0.3, 0.4) is 0 Å². The van der Waals surface area contributed by atoms with Gasteiger partial charge in [-0.15, -0.1) is 0 Å². The van der Waals surface area contributed by atoms with Gasteiger partial charge in [0.2, 0.25) is 11.1 Å². The van der Waals surface area contributed by atoms with Gasteiger partial charge in [-0.05, 0) is 24.4 Å². The zero-order valence-corrected chi connectivity index (χ0v) is 10.2. The number of hydrogen-bond acceptors (Lipinski definition) is 5. The summed E-state index contributed by atoms with van der Waals surface area (Å²) in [7, 11) is 1.82. The first-order valence-corrected chi connectivity index (χ1v) is 5.87.